The number of para-hydroxylation sites is 3. The van der Waals surface area contributed by atoms with Crippen LogP contribution in [0.4, 0.5) is 5.69 Å². The first kappa shape index (κ1) is 15.5. The lowest BCUT2D eigenvalue weighted by Gasteiger charge is -2.15. The number of halogens is 1. The van der Waals surface area contributed by atoms with Gasteiger partial charge in [-0.2, -0.15) is 0 Å². The van der Waals surface area contributed by atoms with Crippen LogP contribution >= 0.6 is 11.6 Å². The van der Waals surface area contributed by atoms with Crippen molar-refractivity contribution in [2.24, 2.45) is 0 Å². The van der Waals surface area contributed by atoms with E-state index in [1.165, 1.54) is 0 Å². The van der Waals surface area contributed by atoms with Crippen LogP contribution in [0.2, 0.25) is 5.02 Å². The highest BCUT2D eigenvalue weighted by molar-refractivity contribution is 6.32. The van der Waals surface area contributed by atoms with E-state index in [9.17, 15) is 0 Å². The molecule has 21 heavy (non-hydrogen) atoms. The maximum atomic E-state index is 6.04. The third kappa shape index (κ3) is 4.87. The van der Waals surface area contributed by atoms with Crippen molar-refractivity contribution in [2.75, 3.05) is 18.5 Å². The molecule has 0 saturated heterocycles. The van der Waals surface area contributed by atoms with Gasteiger partial charge in [-0.1, -0.05) is 35.9 Å². The molecule has 4 heteroatoms. The molecule has 3 nitrogen and oxygen atoms in total. The molecule has 0 aliphatic carbocycles. The maximum Gasteiger partial charge on any atom is 0.142 e. The van der Waals surface area contributed by atoms with Gasteiger partial charge in [0.1, 0.15) is 18.1 Å². The van der Waals surface area contributed by atoms with Gasteiger partial charge in [0.05, 0.1) is 16.8 Å². The molecular formula is C17H20ClNO2. The van der Waals surface area contributed by atoms with Crippen molar-refractivity contribution in [3.8, 4) is 11.5 Å². The molecule has 0 bridgehead atoms. The molecule has 0 radical (unpaired) electrons. The zero-order valence-corrected chi connectivity index (χ0v) is 13.1. The molecule has 2 rings (SSSR count). The molecule has 1 N–H and O–H groups in total. The quantitative estimate of drug-likeness (QED) is 0.757. The Morgan fingerprint density at radius 2 is 1.67 bits per heavy atom. The molecule has 0 aliphatic rings. The van der Waals surface area contributed by atoms with E-state index in [2.05, 4.69) is 5.32 Å². The van der Waals surface area contributed by atoms with E-state index >= 15 is 0 Å². The molecule has 0 aliphatic heterocycles. The van der Waals surface area contributed by atoms with Gasteiger partial charge in [-0.25, -0.2) is 0 Å². The van der Waals surface area contributed by atoms with Crippen LogP contribution in [0.25, 0.3) is 0 Å². The van der Waals surface area contributed by atoms with E-state index in [4.69, 9.17) is 21.1 Å². The SMILES string of the molecule is CC(C)Oc1ccccc1NCCOc1ccccc1Cl. The van der Waals surface area contributed by atoms with E-state index in [0.717, 1.165) is 11.4 Å². The minimum Gasteiger partial charge on any atom is -0.490 e. The van der Waals surface area contributed by atoms with Crippen LogP contribution in [0.1, 0.15) is 13.8 Å². The van der Waals surface area contributed by atoms with Gasteiger partial charge < -0.3 is 14.8 Å². The first-order chi connectivity index (χ1) is 10.2. The summed E-state index contributed by atoms with van der Waals surface area (Å²) in [6, 6.07) is 15.3. The predicted octanol–water partition coefficient (Wildman–Crippen LogP) is 4.62. The Kier molecular flexibility index (Phi) is 5.76. The molecule has 0 spiro atoms. The average molecular weight is 306 g/mol. The number of ether oxygens (including phenoxy) is 2. The minimum absolute atomic E-state index is 0.146. The Bertz CT molecular complexity index is 572. The molecule has 0 fully saturated rings. The lowest BCUT2D eigenvalue weighted by Crippen LogP contribution is -2.13. The van der Waals surface area contributed by atoms with Crippen molar-refractivity contribution in [3.63, 3.8) is 0 Å². The number of hydrogen-bond donors (Lipinski definition) is 1. The van der Waals surface area contributed by atoms with Crippen LogP contribution in [-0.4, -0.2) is 19.3 Å². The second kappa shape index (κ2) is 7.79. The second-order valence-corrected chi connectivity index (χ2v) is 5.28. The number of benzene rings is 2. The minimum atomic E-state index is 0.146. The highest BCUT2D eigenvalue weighted by Crippen LogP contribution is 2.25. The Hall–Kier alpha value is -1.87. The molecule has 0 atom stereocenters. The van der Waals surface area contributed by atoms with Crippen LogP contribution in [0.15, 0.2) is 48.5 Å². The molecular weight excluding hydrogens is 286 g/mol. The summed E-state index contributed by atoms with van der Waals surface area (Å²) < 4.78 is 11.4. The molecule has 0 amide bonds. The third-order valence-corrected chi connectivity index (χ3v) is 3.07. The van der Waals surface area contributed by atoms with Crippen LogP contribution in [0.5, 0.6) is 11.5 Å². The number of nitrogens with one attached hydrogen (secondary N) is 1. The standard InChI is InChI=1S/C17H20ClNO2/c1-13(2)21-17-10-6-4-8-15(17)19-11-12-20-16-9-5-3-7-14(16)18/h3-10,13,19H,11-12H2,1-2H3. The first-order valence-electron chi connectivity index (χ1n) is 7.03. The maximum absolute atomic E-state index is 6.04. The van der Waals surface area contributed by atoms with Gasteiger partial charge in [0.15, 0.2) is 0 Å². The normalized spacial score (nSPS) is 10.5. The van der Waals surface area contributed by atoms with Crippen molar-refractivity contribution in [1.82, 2.24) is 0 Å². The molecule has 2 aromatic rings. The van der Waals surface area contributed by atoms with E-state index in [0.29, 0.717) is 23.9 Å². The molecule has 0 aromatic heterocycles. The fourth-order valence-corrected chi connectivity index (χ4v) is 2.07. The van der Waals surface area contributed by atoms with E-state index in [1.54, 1.807) is 0 Å². The molecule has 0 unspecified atom stereocenters. The summed E-state index contributed by atoms with van der Waals surface area (Å²) in [5.74, 6) is 1.55. The topological polar surface area (TPSA) is 30.5 Å². The zero-order valence-electron chi connectivity index (χ0n) is 12.3. The van der Waals surface area contributed by atoms with E-state index in [1.807, 2.05) is 62.4 Å². The Morgan fingerprint density at radius 3 is 2.38 bits per heavy atom. The van der Waals surface area contributed by atoms with Crippen molar-refractivity contribution >= 4 is 17.3 Å². The summed E-state index contributed by atoms with van der Waals surface area (Å²) in [6.45, 7) is 5.22. The second-order valence-electron chi connectivity index (χ2n) is 4.87. The average Bonchev–Trinajstić information content (AvgIpc) is 2.46. The largest absolute Gasteiger partial charge is 0.490 e. The van der Waals surface area contributed by atoms with Crippen LogP contribution in [0, 0.1) is 0 Å². The van der Waals surface area contributed by atoms with Gasteiger partial charge in [0, 0.05) is 6.54 Å². The molecule has 0 saturated carbocycles. The highest BCUT2D eigenvalue weighted by atomic mass is 35.5. The smallest absolute Gasteiger partial charge is 0.142 e. The van der Waals surface area contributed by atoms with E-state index in [-0.39, 0.29) is 6.10 Å². The Balaban J connectivity index is 1.85. The van der Waals surface area contributed by atoms with Crippen molar-refractivity contribution in [3.05, 3.63) is 53.6 Å². The zero-order chi connectivity index (χ0) is 15.1. The van der Waals surface area contributed by atoms with Crippen molar-refractivity contribution < 1.29 is 9.47 Å². The van der Waals surface area contributed by atoms with Gasteiger partial charge in [-0.15, -0.1) is 0 Å². The predicted molar refractivity (Wildman–Crippen MR) is 87.6 cm³/mol. The lowest BCUT2D eigenvalue weighted by molar-refractivity contribution is 0.243. The fourth-order valence-electron chi connectivity index (χ4n) is 1.88. The summed E-state index contributed by atoms with van der Waals surface area (Å²) >= 11 is 6.04. The van der Waals surface area contributed by atoms with Gasteiger partial charge in [-0.3, -0.25) is 0 Å². The summed E-state index contributed by atoms with van der Waals surface area (Å²) in [5.41, 5.74) is 0.967. The van der Waals surface area contributed by atoms with Gasteiger partial charge in [-0.05, 0) is 38.1 Å². The van der Waals surface area contributed by atoms with Gasteiger partial charge in [0.25, 0.3) is 0 Å². The summed E-state index contributed by atoms with van der Waals surface area (Å²) in [6.07, 6.45) is 0.146. The molecule has 0 heterocycles. The number of rotatable bonds is 7. The first-order valence-corrected chi connectivity index (χ1v) is 7.41. The molecule has 2 aromatic carbocycles. The summed E-state index contributed by atoms with van der Waals surface area (Å²) in [7, 11) is 0. The van der Waals surface area contributed by atoms with E-state index < -0.39 is 0 Å². The summed E-state index contributed by atoms with van der Waals surface area (Å²) in [5, 5.41) is 3.94. The number of hydrogen-bond acceptors (Lipinski definition) is 3. The van der Waals surface area contributed by atoms with Gasteiger partial charge >= 0.3 is 0 Å². The fraction of sp³-hybridized carbons (Fsp3) is 0.294. The monoisotopic (exact) mass is 305 g/mol. The summed E-state index contributed by atoms with van der Waals surface area (Å²) in [4.78, 5) is 0. The third-order valence-electron chi connectivity index (χ3n) is 2.76. The van der Waals surface area contributed by atoms with Crippen LogP contribution < -0.4 is 14.8 Å². The Morgan fingerprint density at radius 1 is 1.00 bits per heavy atom. The number of anilines is 1. The van der Waals surface area contributed by atoms with Crippen LogP contribution in [0.3, 0.4) is 0 Å². The van der Waals surface area contributed by atoms with Crippen molar-refractivity contribution in [2.45, 2.75) is 20.0 Å². The van der Waals surface area contributed by atoms with Gasteiger partial charge in [0.2, 0.25) is 0 Å². The highest BCUT2D eigenvalue weighted by Gasteiger charge is 2.04. The van der Waals surface area contributed by atoms with Crippen LogP contribution in [-0.2, 0) is 0 Å². The lowest BCUT2D eigenvalue weighted by atomic mass is 10.3. The Labute approximate surface area is 130 Å². The molecule has 112 valence electrons. The van der Waals surface area contributed by atoms with Crippen molar-refractivity contribution in [1.29, 1.82) is 0 Å².